The molecular formula is C34H36F2N4O2S. The number of phenols is 1. The Morgan fingerprint density at radius 2 is 1.91 bits per heavy atom. The van der Waals surface area contributed by atoms with E-state index in [1.807, 2.05) is 6.92 Å². The van der Waals surface area contributed by atoms with Crippen molar-refractivity contribution >= 4 is 33.4 Å². The Bertz CT molecular complexity index is 1710. The van der Waals surface area contributed by atoms with Crippen LogP contribution in [0, 0.1) is 11.6 Å². The third-order valence-corrected chi connectivity index (χ3v) is 11.0. The minimum absolute atomic E-state index is 0.00181. The van der Waals surface area contributed by atoms with E-state index in [2.05, 4.69) is 21.4 Å². The van der Waals surface area contributed by atoms with Crippen LogP contribution in [-0.4, -0.2) is 55.4 Å². The Labute approximate surface area is 254 Å². The number of halogens is 2. The van der Waals surface area contributed by atoms with Crippen molar-refractivity contribution in [3.8, 4) is 23.0 Å². The number of benzene rings is 2. The molecule has 4 aromatic rings. The van der Waals surface area contributed by atoms with Crippen LogP contribution in [0.25, 0.3) is 32.9 Å². The van der Waals surface area contributed by atoms with Gasteiger partial charge in [-0.25, -0.2) is 8.78 Å². The molecule has 0 spiro atoms. The fraction of sp³-hybridized carbons (Fsp3) is 0.441. The topological polar surface area (TPSA) is 71.4 Å². The Morgan fingerprint density at radius 3 is 2.65 bits per heavy atom. The molecule has 1 unspecified atom stereocenters. The lowest BCUT2D eigenvalue weighted by Gasteiger charge is -2.31. The first kappa shape index (κ1) is 28.5. The lowest BCUT2D eigenvalue weighted by molar-refractivity contribution is 0.107. The summed E-state index contributed by atoms with van der Waals surface area (Å²) in [5.74, 6) is -1.48. The summed E-state index contributed by atoms with van der Waals surface area (Å²) in [5, 5.41) is 13.3. The molecule has 7 rings (SSSR count). The van der Waals surface area contributed by atoms with Crippen LogP contribution in [0.1, 0.15) is 69.8 Å². The lowest BCUT2D eigenvalue weighted by Crippen LogP contribution is -2.43. The fourth-order valence-corrected chi connectivity index (χ4v) is 8.67. The van der Waals surface area contributed by atoms with E-state index in [0.717, 1.165) is 51.6 Å². The molecule has 3 aliphatic rings. The molecule has 9 heteroatoms. The van der Waals surface area contributed by atoms with E-state index in [-0.39, 0.29) is 34.4 Å². The van der Waals surface area contributed by atoms with Gasteiger partial charge in [0.15, 0.2) is 5.82 Å². The molecule has 2 aromatic heterocycles. The zero-order valence-corrected chi connectivity index (χ0v) is 25.2. The van der Waals surface area contributed by atoms with Crippen molar-refractivity contribution in [2.75, 3.05) is 19.7 Å². The van der Waals surface area contributed by atoms with Crippen molar-refractivity contribution in [1.29, 1.82) is 0 Å². The van der Waals surface area contributed by atoms with Crippen molar-refractivity contribution in [2.24, 2.45) is 0 Å². The predicted octanol–water partition coefficient (Wildman–Crippen LogP) is 8.16. The Hall–Kier alpha value is -3.30. The minimum Gasteiger partial charge on any atom is -0.508 e. The number of thioether (sulfide) groups is 1. The summed E-state index contributed by atoms with van der Waals surface area (Å²) in [7, 11) is 0. The highest BCUT2D eigenvalue weighted by Crippen LogP contribution is 2.43. The number of hydrogen-bond acceptors (Lipinski definition) is 7. The number of fused-ring (bicyclic) bond motifs is 3. The zero-order chi connectivity index (χ0) is 29.7. The molecule has 0 radical (unpaired) electrons. The van der Waals surface area contributed by atoms with Gasteiger partial charge in [-0.1, -0.05) is 31.9 Å². The molecule has 6 nitrogen and oxygen atoms in total. The number of allylic oxidation sites excluding steroid dienone is 1. The van der Waals surface area contributed by atoms with Gasteiger partial charge < -0.3 is 9.84 Å². The molecule has 2 aromatic carbocycles. The number of rotatable bonds is 8. The van der Waals surface area contributed by atoms with Crippen LogP contribution < -0.4 is 4.74 Å². The van der Waals surface area contributed by atoms with Crippen LogP contribution in [-0.2, 0) is 0 Å². The van der Waals surface area contributed by atoms with Gasteiger partial charge in [-0.3, -0.25) is 9.88 Å². The predicted molar refractivity (Wildman–Crippen MR) is 167 cm³/mol. The SMILES string of the molecule is C=CC(C)c1c(F)ccc2cc(O)cc(-c3ncc4c(SC5CCCC5)nc(OCC56CCCN5CCC6)nc4c3F)c12. The summed E-state index contributed by atoms with van der Waals surface area (Å²) >= 11 is 1.65. The van der Waals surface area contributed by atoms with E-state index in [4.69, 9.17) is 9.72 Å². The summed E-state index contributed by atoms with van der Waals surface area (Å²) in [6.07, 6.45) is 12.2. The Morgan fingerprint density at radius 1 is 1.14 bits per heavy atom. The van der Waals surface area contributed by atoms with Crippen LogP contribution in [0.2, 0.25) is 0 Å². The molecule has 224 valence electrons. The minimum atomic E-state index is -0.645. The highest BCUT2D eigenvalue weighted by molar-refractivity contribution is 8.00. The van der Waals surface area contributed by atoms with Crippen LogP contribution in [0.5, 0.6) is 11.8 Å². The summed E-state index contributed by atoms with van der Waals surface area (Å²) in [6.45, 7) is 8.33. The van der Waals surface area contributed by atoms with Crippen LogP contribution in [0.15, 0.2) is 48.1 Å². The van der Waals surface area contributed by atoms with Gasteiger partial charge >= 0.3 is 6.01 Å². The molecule has 1 saturated carbocycles. The lowest BCUT2D eigenvalue weighted by atomic mass is 9.89. The van der Waals surface area contributed by atoms with E-state index >= 15 is 8.78 Å². The van der Waals surface area contributed by atoms with Gasteiger partial charge in [-0.15, -0.1) is 18.3 Å². The summed E-state index contributed by atoms with van der Waals surface area (Å²) in [6, 6.07) is 6.12. The quantitative estimate of drug-likeness (QED) is 0.161. The molecular weight excluding hydrogens is 566 g/mol. The smallest absolute Gasteiger partial charge is 0.318 e. The second-order valence-electron chi connectivity index (χ2n) is 12.3. The number of nitrogens with zero attached hydrogens (tertiary/aromatic N) is 4. The third-order valence-electron chi connectivity index (χ3n) is 9.64. The summed E-state index contributed by atoms with van der Waals surface area (Å²) in [5.41, 5.74) is 0.797. The maximum atomic E-state index is 16.7. The van der Waals surface area contributed by atoms with Gasteiger partial charge in [0.2, 0.25) is 0 Å². The van der Waals surface area contributed by atoms with Crippen molar-refractivity contribution in [3.05, 3.63) is 60.3 Å². The first-order valence-electron chi connectivity index (χ1n) is 15.4. The molecule has 1 aliphatic carbocycles. The molecule has 2 saturated heterocycles. The molecule has 4 heterocycles. The largest absolute Gasteiger partial charge is 0.508 e. The van der Waals surface area contributed by atoms with Crippen molar-refractivity contribution in [3.63, 3.8) is 0 Å². The summed E-state index contributed by atoms with van der Waals surface area (Å²) in [4.78, 5) is 16.5. The van der Waals surface area contributed by atoms with E-state index < -0.39 is 11.6 Å². The highest BCUT2D eigenvalue weighted by atomic mass is 32.2. The standard InChI is InChI=1S/C34H36F2N4O2S/c1-3-20(2)27-26(35)11-10-21-16-22(41)17-24(28(21)27)30-29(36)31-25(18-37-30)32(43-23-8-4-5-9-23)39-33(38-31)42-19-34-12-6-14-40(34)15-7-13-34/h3,10-11,16-18,20,23,41H,1,4-9,12-15,19H2,2H3. The molecule has 0 bridgehead atoms. The first-order chi connectivity index (χ1) is 20.9. The Kier molecular flexibility index (Phi) is 7.50. The maximum Gasteiger partial charge on any atom is 0.318 e. The second-order valence-corrected chi connectivity index (χ2v) is 13.6. The van der Waals surface area contributed by atoms with Gasteiger partial charge in [0.05, 0.1) is 10.9 Å². The maximum absolute atomic E-state index is 16.7. The van der Waals surface area contributed by atoms with Gasteiger partial charge in [0, 0.05) is 28.5 Å². The van der Waals surface area contributed by atoms with Crippen molar-refractivity contribution in [2.45, 2.75) is 80.0 Å². The zero-order valence-electron chi connectivity index (χ0n) is 24.4. The first-order valence-corrected chi connectivity index (χ1v) is 16.2. The monoisotopic (exact) mass is 602 g/mol. The van der Waals surface area contributed by atoms with Crippen molar-refractivity contribution in [1.82, 2.24) is 19.9 Å². The van der Waals surface area contributed by atoms with Gasteiger partial charge in [0.25, 0.3) is 0 Å². The van der Waals surface area contributed by atoms with Crippen LogP contribution in [0.4, 0.5) is 8.78 Å². The van der Waals surface area contributed by atoms with Gasteiger partial charge in [-0.05, 0) is 80.6 Å². The average Bonchev–Trinajstić information content (AvgIpc) is 3.74. The number of aromatic hydroxyl groups is 1. The van der Waals surface area contributed by atoms with Crippen molar-refractivity contribution < 1.29 is 18.6 Å². The number of pyridine rings is 1. The van der Waals surface area contributed by atoms with Crippen LogP contribution in [0.3, 0.4) is 0 Å². The van der Waals surface area contributed by atoms with Crippen LogP contribution >= 0.6 is 11.8 Å². The molecule has 0 amide bonds. The van der Waals surface area contributed by atoms with Gasteiger partial charge in [0.1, 0.15) is 34.4 Å². The fourth-order valence-electron chi connectivity index (χ4n) is 7.38. The van der Waals surface area contributed by atoms with Gasteiger partial charge in [-0.2, -0.15) is 9.97 Å². The number of phenolic OH excluding ortho intramolecular Hbond substituents is 1. The summed E-state index contributed by atoms with van der Waals surface area (Å²) < 4.78 is 38.3. The number of hydrogen-bond donors (Lipinski definition) is 1. The normalized spacial score (nSPS) is 19.3. The second kappa shape index (κ2) is 11.3. The molecule has 43 heavy (non-hydrogen) atoms. The highest BCUT2D eigenvalue weighted by Gasteiger charge is 2.45. The van der Waals surface area contributed by atoms with E-state index in [9.17, 15) is 5.11 Å². The average molecular weight is 603 g/mol. The molecule has 3 fully saturated rings. The molecule has 1 atom stereocenters. The van der Waals surface area contributed by atoms with E-state index in [1.165, 1.54) is 25.0 Å². The molecule has 2 aliphatic heterocycles. The Balaban J connectivity index is 1.37. The third kappa shape index (κ3) is 5.04. The van der Waals surface area contributed by atoms with E-state index in [1.54, 1.807) is 36.2 Å². The molecule has 1 N–H and O–H groups in total. The number of aromatic nitrogens is 3. The van der Waals surface area contributed by atoms with E-state index in [0.29, 0.717) is 44.2 Å². The number of ether oxygens (including phenoxy) is 1.